The van der Waals surface area contributed by atoms with Crippen molar-refractivity contribution in [2.75, 3.05) is 0 Å². The van der Waals surface area contributed by atoms with E-state index >= 15 is 0 Å². The van der Waals surface area contributed by atoms with E-state index in [0.29, 0.717) is 18.2 Å². The summed E-state index contributed by atoms with van der Waals surface area (Å²) in [5.41, 5.74) is 2.00. The average Bonchev–Trinajstić information content (AvgIpc) is 2.78. The van der Waals surface area contributed by atoms with Gasteiger partial charge in [0, 0.05) is 19.2 Å². The summed E-state index contributed by atoms with van der Waals surface area (Å²) in [5.74, 6) is 1.86. The van der Waals surface area contributed by atoms with Crippen molar-refractivity contribution < 1.29 is 4.42 Å². The topological polar surface area (TPSA) is 43.0 Å². The first-order valence-corrected chi connectivity index (χ1v) is 5.89. The molecule has 0 aliphatic rings. The molecule has 5 heteroatoms. The summed E-state index contributed by atoms with van der Waals surface area (Å²) in [6.07, 6.45) is 0. The van der Waals surface area contributed by atoms with Gasteiger partial charge in [0.15, 0.2) is 0 Å². The minimum absolute atomic E-state index is 0.686. The molecule has 92 valence electrons. The fourth-order valence-corrected chi connectivity index (χ4v) is 2.01. The van der Waals surface area contributed by atoms with E-state index in [9.17, 15) is 0 Å². The van der Waals surface area contributed by atoms with Crippen LogP contribution in [-0.2, 0) is 20.1 Å². The quantitative estimate of drug-likeness (QED) is 0.911. The standard InChI is InChI=1S/C12H16ClN3O/c1-8-4-5-10(17-8)6-14-7-11-9(2)15-16(3)12(11)13/h4-5,14H,6-7H2,1-3H3. The molecule has 0 aromatic carbocycles. The lowest BCUT2D eigenvalue weighted by molar-refractivity contribution is 0.461. The first-order valence-electron chi connectivity index (χ1n) is 5.52. The molecule has 2 aromatic rings. The molecule has 0 saturated heterocycles. The number of rotatable bonds is 4. The van der Waals surface area contributed by atoms with Gasteiger partial charge in [0.1, 0.15) is 16.7 Å². The fraction of sp³-hybridized carbons (Fsp3) is 0.417. The third-order valence-electron chi connectivity index (χ3n) is 2.67. The lowest BCUT2D eigenvalue weighted by Gasteiger charge is -2.02. The van der Waals surface area contributed by atoms with Gasteiger partial charge in [-0.2, -0.15) is 5.10 Å². The Hall–Kier alpha value is -1.26. The highest BCUT2D eigenvalue weighted by molar-refractivity contribution is 6.30. The summed E-state index contributed by atoms with van der Waals surface area (Å²) in [6.45, 7) is 5.28. The van der Waals surface area contributed by atoms with Crippen LogP contribution in [0.3, 0.4) is 0 Å². The minimum Gasteiger partial charge on any atom is -0.465 e. The number of nitrogens with zero attached hydrogens (tertiary/aromatic N) is 2. The predicted molar refractivity (Wildman–Crippen MR) is 66.9 cm³/mol. The first-order chi connectivity index (χ1) is 8.08. The Balaban J connectivity index is 1.94. The van der Waals surface area contributed by atoms with Gasteiger partial charge in [0.05, 0.1) is 12.2 Å². The third-order valence-corrected chi connectivity index (χ3v) is 3.14. The van der Waals surface area contributed by atoms with Gasteiger partial charge in [-0.15, -0.1) is 0 Å². The Morgan fingerprint density at radius 2 is 2.12 bits per heavy atom. The number of aromatic nitrogens is 2. The zero-order chi connectivity index (χ0) is 12.4. The van der Waals surface area contributed by atoms with Crippen LogP contribution in [0.2, 0.25) is 5.15 Å². The molecular weight excluding hydrogens is 238 g/mol. The summed E-state index contributed by atoms with van der Waals surface area (Å²) in [4.78, 5) is 0. The van der Waals surface area contributed by atoms with Gasteiger partial charge in [-0.25, -0.2) is 0 Å². The molecule has 0 unspecified atom stereocenters. The van der Waals surface area contributed by atoms with Crippen LogP contribution in [0.15, 0.2) is 16.5 Å². The molecule has 0 aliphatic heterocycles. The van der Waals surface area contributed by atoms with Crippen molar-refractivity contribution in [1.29, 1.82) is 0 Å². The number of nitrogens with one attached hydrogen (secondary N) is 1. The highest BCUT2D eigenvalue weighted by Crippen LogP contribution is 2.18. The van der Waals surface area contributed by atoms with E-state index in [1.807, 2.05) is 33.0 Å². The number of hydrogen-bond acceptors (Lipinski definition) is 3. The molecule has 0 fully saturated rings. The van der Waals surface area contributed by atoms with Crippen molar-refractivity contribution in [3.05, 3.63) is 40.1 Å². The average molecular weight is 254 g/mol. The zero-order valence-electron chi connectivity index (χ0n) is 10.2. The molecular formula is C12H16ClN3O. The van der Waals surface area contributed by atoms with E-state index in [1.54, 1.807) is 4.68 Å². The molecule has 0 aliphatic carbocycles. The molecule has 0 atom stereocenters. The van der Waals surface area contributed by atoms with Crippen molar-refractivity contribution in [3.8, 4) is 0 Å². The number of hydrogen-bond donors (Lipinski definition) is 1. The lowest BCUT2D eigenvalue weighted by Crippen LogP contribution is -2.12. The van der Waals surface area contributed by atoms with E-state index in [4.69, 9.17) is 16.0 Å². The number of aryl methyl sites for hydroxylation is 3. The van der Waals surface area contributed by atoms with E-state index < -0.39 is 0 Å². The Morgan fingerprint density at radius 3 is 2.65 bits per heavy atom. The van der Waals surface area contributed by atoms with Crippen LogP contribution < -0.4 is 5.32 Å². The van der Waals surface area contributed by atoms with Crippen molar-refractivity contribution in [1.82, 2.24) is 15.1 Å². The third kappa shape index (κ3) is 2.70. The van der Waals surface area contributed by atoms with Crippen LogP contribution in [0.25, 0.3) is 0 Å². The van der Waals surface area contributed by atoms with E-state index in [2.05, 4.69) is 10.4 Å². The lowest BCUT2D eigenvalue weighted by atomic mass is 10.2. The maximum absolute atomic E-state index is 6.14. The van der Waals surface area contributed by atoms with Gasteiger partial charge in [-0.3, -0.25) is 4.68 Å². The summed E-state index contributed by atoms with van der Waals surface area (Å²) in [5, 5.41) is 8.24. The molecule has 4 nitrogen and oxygen atoms in total. The van der Waals surface area contributed by atoms with Crippen molar-refractivity contribution in [2.24, 2.45) is 7.05 Å². The van der Waals surface area contributed by atoms with Crippen LogP contribution in [0.1, 0.15) is 22.8 Å². The fourth-order valence-electron chi connectivity index (χ4n) is 1.77. The van der Waals surface area contributed by atoms with Crippen molar-refractivity contribution in [3.63, 3.8) is 0 Å². The Kier molecular flexibility index (Phi) is 3.54. The first kappa shape index (κ1) is 12.2. The van der Waals surface area contributed by atoms with E-state index in [0.717, 1.165) is 22.8 Å². The summed E-state index contributed by atoms with van der Waals surface area (Å²) < 4.78 is 7.16. The summed E-state index contributed by atoms with van der Waals surface area (Å²) in [6, 6.07) is 3.93. The maximum atomic E-state index is 6.14. The molecule has 0 amide bonds. The molecule has 0 radical (unpaired) electrons. The number of halogens is 1. The molecule has 1 N–H and O–H groups in total. The largest absolute Gasteiger partial charge is 0.465 e. The molecule has 17 heavy (non-hydrogen) atoms. The number of furan rings is 1. The van der Waals surface area contributed by atoms with Gasteiger partial charge in [0.25, 0.3) is 0 Å². The van der Waals surface area contributed by atoms with E-state index in [1.165, 1.54) is 0 Å². The van der Waals surface area contributed by atoms with Crippen LogP contribution in [0.4, 0.5) is 0 Å². The van der Waals surface area contributed by atoms with Crippen LogP contribution in [-0.4, -0.2) is 9.78 Å². The van der Waals surface area contributed by atoms with E-state index in [-0.39, 0.29) is 0 Å². The van der Waals surface area contributed by atoms with Gasteiger partial charge in [-0.05, 0) is 26.0 Å². The summed E-state index contributed by atoms with van der Waals surface area (Å²) >= 11 is 6.14. The van der Waals surface area contributed by atoms with Gasteiger partial charge >= 0.3 is 0 Å². The van der Waals surface area contributed by atoms with Crippen LogP contribution >= 0.6 is 11.6 Å². The predicted octanol–water partition coefficient (Wildman–Crippen LogP) is 2.57. The molecule has 2 rings (SSSR count). The van der Waals surface area contributed by atoms with Gasteiger partial charge in [-0.1, -0.05) is 11.6 Å². The normalized spacial score (nSPS) is 11.1. The zero-order valence-corrected chi connectivity index (χ0v) is 11.0. The highest BCUT2D eigenvalue weighted by atomic mass is 35.5. The Bertz CT molecular complexity index is 516. The SMILES string of the molecule is Cc1ccc(CNCc2c(C)nn(C)c2Cl)o1. The molecule has 0 spiro atoms. The second-order valence-corrected chi connectivity index (χ2v) is 4.45. The van der Waals surface area contributed by atoms with Crippen LogP contribution in [0, 0.1) is 13.8 Å². The molecule has 2 aromatic heterocycles. The van der Waals surface area contributed by atoms with Crippen molar-refractivity contribution in [2.45, 2.75) is 26.9 Å². The maximum Gasteiger partial charge on any atom is 0.131 e. The van der Waals surface area contributed by atoms with Gasteiger partial charge < -0.3 is 9.73 Å². The minimum atomic E-state index is 0.686. The Labute approximate surface area is 106 Å². The smallest absolute Gasteiger partial charge is 0.131 e. The second-order valence-electron chi connectivity index (χ2n) is 4.09. The highest BCUT2D eigenvalue weighted by Gasteiger charge is 2.10. The van der Waals surface area contributed by atoms with Crippen molar-refractivity contribution >= 4 is 11.6 Å². The molecule has 0 saturated carbocycles. The Morgan fingerprint density at radius 1 is 1.35 bits per heavy atom. The van der Waals surface area contributed by atoms with Crippen LogP contribution in [0.5, 0.6) is 0 Å². The molecule has 0 bridgehead atoms. The monoisotopic (exact) mass is 253 g/mol. The molecule has 2 heterocycles. The summed E-state index contributed by atoms with van der Waals surface area (Å²) in [7, 11) is 1.84. The van der Waals surface area contributed by atoms with Gasteiger partial charge in [0.2, 0.25) is 0 Å². The second kappa shape index (κ2) is 4.94.